The van der Waals surface area contributed by atoms with Gasteiger partial charge in [-0.1, -0.05) is 23.7 Å². The molecule has 2 rings (SSSR count). The minimum atomic E-state index is -3.37. The molecule has 1 heterocycles. The Morgan fingerprint density at radius 3 is 2.62 bits per heavy atom. The lowest BCUT2D eigenvalue weighted by Crippen LogP contribution is -2.51. The van der Waals surface area contributed by atoms with Crippen molar-refractivity contribution < 1.29 is 23.1 Å². The Bertz CT molecular complexity index is 696. The van der Waals surface area contributed by atoms with Gasteiger partial charge < -0.3 is 15.2 Å². The largest absolute Gasteiger partial charge is 0.394 e. The first-order chi connectivity index (χ1) is 12.3. The SMILES string of the molecule is CCS(=O)(=O)N[C@@H]1CC[C@H](CC(=O)NCc2ccc(Cl)cc2)O[C@@H]1CO. The number of benzene rings is 1. The van der Waals surface area contributed by atoms with Crippen LogP contribution in [0, 0.1) is 0 Å². The smallest absolute Gasteiger partial charge is 0.222 e. The second-order valence-electron chi connectivity index (χ2n) is 6.29. The standard InChI is InChI=1S/C17H25ClN2O5S/c1-2-26(23,24)20-15-8-7-14(25-16(15)11-21)9-17(22)19-10-12-3-5-13(18)6-4-12/h3-6,14-16,20-21H,2,7-11H2,1H3,(H,19,22)/t14-,15-,16-/m1/s1. The van der Waals surface area contributed by atoms with E-state index in [9.17, 15) is 18.3 Å². The van der Waals surface area contributed by atoms with E-state index in [2.05, 4.69) is 10.0 Å². The maximum Gasteiger partial charge on any atom is 0.222 e. The van der Waals surface area contributed by atoms with Crippen molar-refractivity contribution in [3.63, 3.8) is 0 Å². The van der Waals surface area contributed by atoms with Crippen LogP contribution in [0.5, 0.6) is 0 Å². The average molecular weight is 405 g/mol. The van der Waals surface area contributed by atoms with Gasteiger partial charge in [-0.05, 0) is 37.5 Å². The van der Waals surface area contributed by atoms with Crippen molar-refractivity contribution in [3.8, 4) is 0 Å². The second kappa shape index (κ2) is 9.66. The van der Waals surface area contributed by atoms with E-state index in [0.717, 1.165) is 5.56 Å². The first-order valence-electron chi connectivity index (χ1n) is 8.60. The highest BCUT2D eigenvalue weighted by molar-refractivity contribution is 7.89. The topological polar surface area (TPSA) is 105 Å². The van der Waals surface area contributed by atoms with Crippen LogP contribution in [0.2, 0.25) is 5.02 Å². The van der Waals surface area contributed by atoms with Gasteiger partial charge in [0.15, 0.2) is 0 Å². The van der Waals surface area contributed by atoms with Crippen LogP contribution in [0.3, 0.4) is 0 Å². The molecule has 1 fully saturated rings. The predicted molar refractivity (Wildman–Crippen MR) is 99.3 cm³/mol. The first kappa shape index (κ1) is 21.1. The lowest BCUT2D eigenvalue weighted by Gasteiger charge is -2.35. The van der Waals surface area contributed by atoms with Crippen LogP contribution in [-0.4, -0.2) is 50.0 Å². The van der Waals surface area contributed by atoms with Gasteiger partial charge >= 0.3 is 0 Å². The molecule has 9 heteroatoms. The summed E-state index contributed by atoms with van der Waals surface area (Å²) in [6.45, 7) is 1.64. The van der Waals surface area contributed by atoms with E-state index in [-0.39, 0.29) is 30.8 Å². The van der Waals surface area contributed by atoms with Crippen LogP contribution in [0.4, 0.5) is 0 Å². The molecule has 26 heavy (non-hydrogen) atoms. The monoisotopic (exact) mass is 404 g/mol. The van der Waals surface area contributed by atoms with Gasteiger partial charge in [-0.3, -0.25) is 4.79 Å². The Morgan fingerprint density at radius 2 is 2.00 bits per heavy atom. The number of carbonyl (C=O) groups is 1. The number of aliphatic hydroxyl groups is 1. The minimum Gasteiger partial charge on any atom is -0.394 e. The molecule has 0 spiro atoms. The minimum absolute atomic E-state index is 0.0296. The Morgan fingerprint density at radius 1 is 1.31 bits per heavy atom. The third-order valence-corrected chi connectivity index (χ3v) is 6.00. The van der Waals surface area contributed by atoms with E-state index in [1.165, 1.54) is 0 Å². The van der Waals surface area contributed by atoms with Gasteiger partial charge in [-0.2, -0.15) is 0 Å². The molecule has 0 saturated carbocycles. The lowest BCUT2D eigenvalue weighted by atomic mass is 9.98. The molecule has 1 aliphatic rings. The molecule has 1 aliphatic heterocycles. The summed E-state index contributed by atoms with van der Waals surface area (Å²) in [6, 6.07) is 6.73. The van der Waals surface area contributed by atoms with Crippen LogP contribution in [0.1, 0.15) is 31.7 Å². The summed E-state index contributed by atoms with van der Waals surface area (Å²) < 4.78 is 31.7. The summed E-state index contributed by atoms with van der Waals surface area (Å²) in [4.78, 5) is 12.1. The highest BCUT2D eigenvalue weighted by Crippen LogP contribution is 2.22. The van der Waals surface area contributed by atoms with E-state index < -0.39 is 22.2 Å². The zero-order chi connectivity index (χ0) is 19.2. The molecule has 7 nitrogen and oxygen atoms in total. The Hall–Kier alpha value is -1.19. The maximum absolute atomic E-state index is 12.1. The molecular weight excluding hydrogens is 380 g/mol. The number of sulfonamides is 1. The number of hydrogen-bond acceptors (Lipinski definition) is 5. The Balaban J connectivity index is 1.81. The molecule has 146 valence electrons. The molecule has 0 aromatic heterocycles. The van der Waals surface area contributed by atoms with Gasteiger partial charge in [0.25, 0.3) is 0 Å². The van der Waals surface area contributed by atoms with Gasteiger partial charge in [0.2, 0.25) is 15.9 Å². The molecule has 0 unspecified atom stereocenters. The number of rotatable bonds is 8. The fourth-order valence-electron chi connectivity index (χ4n) is 2.81. The highest BCUT2D eigenvalue weighted by Gasteiger charge is 2.33. The summed E-state index contributed by atoms with van der Waals surface area (Å²) in [5.41, 5.74) is 0.939. The third-order valence-electron chi connectivity index (χ3n) is 4.32. The number of nitrogens with one attached hydrogen (secondary N) is 2. The van der Waals surface area contributed by atoms with Crippen molar-refractivity contribution in [3.05, 3.63) is 34.9 Å². The summed E-state index contributed by atoms with van der Waals surface area (Å²) >= 11 is 5.82. The molecule has 1 aromatic rings. The number of ether oxygens (including phenoxy) is 1. The van der Waals surface area contributed by atoms with Crippen molar-refractivity contribution in [2.45, 2.75) is 51.0 Å². The van der Waals surface area contributed by atoms with E-state index in [1.54, 1.807) is 19.1 Å². The molecule has 1 amide bonds. The van der Waals surface area contributed by atoms with Crippen LogP contribution < -0.4 is 10.0 Å². The number of halogens is 1. The van der Waals surface area contributed by atoms with E-state index in [4.69, 9.17) is 16.3 Å². The summed E-state index contributed by atoms with van der Waals surface area (Å²) in [7, 11) is -3.37. The third kappa shape index (κ3) is 6.51. The molecule has 3 atom stereocenters. The van der Waals surface area contributed by atoms with Gasteiger partial charge in [-0.15, -0.1) is 0 Å². The van der Waals surface area contributed by atoms with Crippen molar-refractivity contribution in [1.29, 1.82) is 0 Å². The zero-order valence-electron chi connectivity index (χ0n) is 14.7. The van der Waals surface area contributed by atoms with Gasteiger partial charge in [-0.25, -0.2) is 13.1 Å². The van der Waals surface area contributed by atoms with Gasteiger partial charge in [0, 0.05) is 11.6 Å². The Kier molecular flexibility index (Phi) is 7.85. The van der Waals surface area contributed by atoms with Crippen molar-refractivity contribution >= 4 is 27.5 Å². The maximum atomic E-state index is 12.1. The molecule has 0 radical (unpaired) electrons. The molecule has 3 N–H and O–H groups in total. The van der Waals surface area contributed by atoms with Gasteiger partial charge in [0.05, 0.1) is 37.0 Å². The highest BCUT2D eigenvalue weighted by atomic mass is 35.5. The van der Waals surface area contributed by atoms with Crippen LogP contribution in [0.25, 0.3) is 0 Å². The fourth-order valence-corrected chi connectivity index (χ4v) is 3.84. The fraction of sp³-hybridized carbons (Fsp3) is 0.588. The van der Waals surface area contributed by atoms with Crippen LogP contribution in [0.15, 0.2) is 24.3 Å². The molecule has 1 aromatic carbocycles. The number of amides is 1. The van der Waals surface area contributed by atoms with Crippen molar-refractivity contribution in [1.82, 2.24) is 10.0 Å². The normalized spacial score (nSPS) is 23.6. The molecule has 0 bridgehead atoms. The van der Waals surface area contributed by atoms with E-state index >= 15 is 0 Å². The number of hydrogen-bond donors (Lipinski definition) is 3. The Labute approximate surface area is 159 Å². The van der Waals surface area contributed by atoms with Crippen molar-refractivity contribution in [2.24, 2.45) is 0 Å². The summed E-state index contributed by atoms with van der Waals surface area (Å²) in [5, 5.41) is 12.9. The van der Waals surface area contributed by atoms with E-state index in [0.29, 0.717) is 24.4 Å². The predicted octanol–water partition coefficient (Wildman–Crippen LogP) is 1.19. The lowest BCUT2D eigenvalue weighted by molar-refractivity contribution is -0.130. The average Bonchev–Trinajstić information content (AvgIpc) is 2.62. The molecule has 0 aliphatic carbocycles. The van der Waals surface area contributed by atoms with Crippen molar-refractivity contribution in [2.75, 3.05) is 12.4 Å². The number of aliphatic hydroxyl groups excluding tert-OH is 1. The van der Waals surface area contributed by atoms with Crippen LogP contribution >= 0.6 is 11.6 Å². The number of carbonyl (C=O) groups excluding carboxylic acids is 1. The zero-order valence-corrected chi connectivity index (χ0v) is 16.2. The first-order valence-corrected chi connectivity index (χ1v) is 10.6. The molecular formula is C17H25ClN2O5S. The van der Waals surface area contributed by atoms with Crippen LogP contribution in [-0.2, 0) is 26.1 Å². The molecule has 1 saturated heterocycles. The van der Waals surface area contributed by atoms with Gasteiger partial charge in [0.1, 0.15) is 0 Å². The second-order valence-corrected chi connectivity index (χ2v) is 8.77. The summed E-state index contributed by atoms with van der Waals surface area (Å²) in [5.74, 6) is -0.188. The quantitative estimate of drug-likeness (QED) is 0.603. The summed E-state index contributed by atoms with van der Waals surface area (Å²) in [6.07, 6.45) is 0.220. The van der Waals surface area contributed by atoms with E-state index in [1.807, 2.05) is 12.1 Å².